The van der Waals surface area contributed by atoms with Crippen molar-refractivity contribution >= 4 is 32.7 Å². The van der Waals surface area contributed by atoms with E-state index in [0.717, 1.165) is 36.5 Å². The van der Waals surface area contributed by atoms with Crippen LogP contribution in [0.3, 0.4) is 0 Å². The normalized spacial score (nSPS) is 16.8. The van der Waals surface area contributed by atoms with Crippen LogP contribution >= 0.6 is 11.6 Å². The molecule has 142 valence electrons. The van der Waals surface area contributed by atoms with Gasteiger partial charge in [-0.3, -0.25) is 0 Å². The Kier molecular flexibility index (Phi) is 4.92. The molecule has 0 bridgehead atoms. The van der Waals surface area contributed by atoms with Crippen molar-refractivity contribution in [2.24, 2.45) is 5.92 Å². The highest BCUT2D eigenvalue weighted by molar-refractivity contribution is 7.89. The average Bonchev–Trinajstić information content (AvgIpc) is 3.07. The van der Waals surface area contributed by atoms with Crippen molar-refractivity contribution in [3.8, 4) is 0 Å². The summed E-state index contributed by atoms with van der Waals surface area (Å²) in [6, 6.07) is 11.5. The number of para-hydroxylation sites is 2. The standard InChI is InChI=1S/C19H19ClFN3O2S/c20-16-11-15(5-6-17(16)21)27(25,26)24-9-7-14(8-10-24)12-23-13-22-18-3-1-2-4-19(18)23/h1-6,11,13-14H,7-10,12H2. The number of rotatable bonds is 4. The molecule has 0 unspecified atom stereocenters. The van der Waals surface area contributed by atoms with Gasteiger partial charge in [0.25, 0.3) is 0 Å². The van der Waals surface area contributed by atoms with Gasteiger partial charge in [-0.25, -0.2) is 17.8 Å². The molecular formula is C19H19ClFN3O2S. The molecule has 1 aliphatic rings. The summed E-state index contributed by atoms with van der Waals surface area (Å²) in [6.07, 6.45) is 3.37. The fourth-order valence-corrected chi connectivity index (χ4v) is 5.29. The van der Waals surface area contributed by atoms with Crippen LogP contribution in [0.2, 0.25) is 5.02 Å². The van der Waals surface area contributed by atoms with Gasteiger partial charge in [-0.05, 0) is 49.1 Å². The van der Waals surface area contributed by atoms with E-state index < -0.39 is 15.8 Å². The molecule has 0 atom stereocenters. The minimum atomic E-state index is -3.66. The molecule has 1 aromatic heterocycles. The number of aromatic nitrogens is 2. The number of nitrogens with zero attached hydrogens (tertiary/aromatic N) is 3. The SMILES string of the molecule is O=S(=O)(c1ccc(F)c(Cl)c1)N1CCC(Cn2cnc3ccccc32)CC1. The smallest absolute Gasteiger partial charge is 0.243 e. The number of sulfonamides is 1. The highest BCUT2D eigenvalue weighted by Crippen LogP contribution is 2.27. The van der Waals surface area contributed by atoms with Crippen molar-refractivity contribution in [3.63, 3.8) is 0 Å². The monoisotopic (exact) mass is 407 g/mol. The molecule has 0 radical (unpaired) electrons. The van der Waals surface area contributed by atoms with E-state index in [4.69, 9.17) is 11.6 Å². The van der Waals surface area contributed by atoms with Crippen LogP contribution in [-0.4, -0.2) is 35.4 Å². The van der Waals surface area contributed by atoms with Gasteiger partial charge < -0.3 is 4.57 Å². The van der Waals surface area contributed by atoms with Crippen molar-refractivity contribution in [2.45, 2.75) is 24.3 Å². The maximum absolute atomic E-state index is 13.3. The second-order valence-electron chi connectivity index (χ2n) is 6.81. The van der Waals surface area contributed by atoms with Gasteiger partial charge in [-0.1, -0.05) is 23.7 Å². The Labute approximate surface area is 162 Å². The van der Waals surface area contributed by atoms with Crippen LogP contribution in [-0.2, 0) is 16.6 Å². The maximum atomic E-state index is 13.3. The minimum Gasteiger partial charge on any atom is -0.330 e. The number of imidazole rings is 1. The Balaban J connectivity index is 1.44. The Hall–Kier alpha value is -1.96. The molecule has 4 rings (SSSR count). The van der Waals surface area contributed by atoms with Gasteiger partial charge in [0.2, 0.25) is 10.0 Å². The number of fused-ring (bicyclic) bond motifs is 1. The molecule has 5 nitrogen and oxygen atoms in total. The third-order valence-corrected chi connectivity index (χ3v) is 7.27. The molecule has 2 aromatic carbocycles. The first-order valence-electron chi connectivity index (χ1n) is 8.80. The van der Waals surface area contributed by atoms with Gasteiger partial charge in [0.1, 0.15) is 5.82 Å². The van der Waals surface area contributed by atoms with Crippen molar-refractivity contribution in [1.82, 2.24) is 13.9 Å². The molecule has 0 N–H and O–H groups in total. The third-order valence-electron chi connectivity index (χ3n) is 5.08. The predicted molar refractivity (Wildman–Crippen MR) is 103 cm³/mol. The summed E-state index contributed by atoms with van der Waals surface area (Å²) in [5.74, 6) is -0.243. The first kappa shape index (κ1) is 18.4. The first-order chi connectivity index (χ1) is 12.9. The lowest BCUT2D eigenvalue weighted by molar-refractivity contribution is 0.254. The molecule has 0 spiro atoms. The van der Waals surface area contributed by atoms with Gasteiger partial charge >= 0.3 is 0 Å². The van der Waals surface area contributed by atoms with Crippen LogP contribution in [0.5, 0.6) is 0 Å². The largest absolute Gasteiger partial charge is 0.330 e. The summed E-state index contributed by atoms with van der Waals surface area (Å²) < 4.78 is 42.5. The Morgan fingerprint density at radius 1 is 1.15 bits per heavy atom. The summed E-state index contributed by atoms with van der Waals surface area (Å²) in [4.78, 5) is 4.44. The number of hydrogen-bond donors (Lipinski definition) is 0. The van der Waals surface area contributed by atoms with E-state index >= 15 is 0 Å². The summed E-state index contributed by atoms with van der Waals surface area (Å²) in [5.41, 5.74) is 2.05. The highest BCUT2D eigenvalue weighted by Gasteiger charge is 2.30. The van der Waals surface area contributed by atoms with E-state index in [-0.39, 0.29) is 9.92 Å². The second kappa shape index (κ2) is 7.22. The van der Waals surface area contributed by atoms with Crippen molar-refractivity contribution < 1.29 is 12.8 Å². The lowest BCUT2D eigenvalue weighted by Crippen LogP contribution is -2.39. The van der Waals surface area contributed by atoms with E-state index in [9.17, 15) is 12.8 Å². The predicted octanol–water partition coefficient (Wildman–Crippen LogP) is 3.93. The number of piperidine rings is 1. The number of benzene rings is 2. The molecule has 0 saturated carbocycles. The molecule has 27 heavy (non-hydrogen) atoms. The van der Waals surface area contributed by atoms with Crippen LogP contribution in [0, 0.1) is 11.7 Å². The Morgan fingerprint density at radius 2 is 1.89 bits per heavy atom. The van der Waals surface area contributed by atoms with Gasteiger partial charge in [-0.2, -0.15) is 4.31 Å². The Morgan fingerprint density at radius 3 is 2.63 bits per heavy atom. The van der Waals surface area contributed by atoms with Crippen molar-refractivity contribution in [2.75, 3.05) is 13.1 Å². The van der Waals surface area contributed by atoms with E-state index in [2.05, 4.69) is 9.55 Å². The zero-order valence-electron chi connectivity index (χ0n) is 14.6. The molecule has 1 aliphatic heterocycles. The lowest BCUT2D eigenvalue weighted by Gasteiger charge is -2.31. The molecule has 8 heteroatoms. The quantitative estimate of drug-likeness (QED) is 0.658. The zero-order valence-corrected chi connectivity index (χ0v) is 16.1. The lowest BCUT2D eigenvalue weighted by atomic mass is 9.98. The van der Waals surface area contributed by atoms with E-state index in [1.54, 1.807) is 0 Å². The van der Waals surface area contributed by atoms with Crippen LogP contribution in [0.1, 0.15) is 12.8 Å². The molecule has 3 aromatic rings. The maximum Gasteiger partial charge on any atom is 0.243 e. The fourth-order valence-electron chi connectivity index (χ4n) is 3.55. The first-order valence-corrected chi connectivity index (χ1v) is 10.6. The molecular weight excluding hydrogens is 389 g/mol. The number of halogens is 2. The molecule has 0 amide bonds. The molecule has 2 heterocycles. The zero-order chi connectivity index (χ0) is 19.0. The van der Waals surface area contributed by atoms with E-state index in [1.807, 2.05) is 30.6 Å². The minimum absolute atomic E-state index is 0.0351. The van der Waals surface area contributed by atoms with Gasteiger partial charge in [0, 0.05) is 19.6 Å². The summed E-state index contributed by atoms with van der Waals surface area (Å²) in [7, 11) is -3.66. The van der Waals surface area contributed by atoms with Crippen molar-refractivity contribution in [3.05, 3.63) is 59.6 Å². The van der Waals surface area contributed by atoms with Gasteiger partial charge in [0.05, 0.1) is 27.3 Å². The summed E-state index contributed by atoms with van der Waals surface area (Å²) >= 11 is 5.74. The second-order valence-corrected chi connectivity index (χ2v) is 9.15. The van der Waals surface area contributed by atoms with Crippen molar-refractivity contribution in [1.29, 1.82) is 0 Å². The van der Waals surface area contributed by atoms with Crippen LogP contribution < -0.4 is 0 Å². The average molecular weight is 408 g/mol. The summed E-state index contributed by atoms with van der Waals surface area (Å²) in [6.45, 7) is 1.69. The Bertz CT molecular complexity index is 1080. The van der Waals surface area contributed by atoms with Crippen LogP contribution in [0.25, 0.3) is 11.0 Å². The molecule has 0 aliphatic carbocycles. The van der Waals surface area contributed by atoms with E-state index in [0.29, 0.717) is 19.0 Å². The topological polar surface area (TPSA) is 55.2 Å². The van der Waals surface area contributed by atoms with Crippen LogP contribution in [0.4, 0.5) is 4.39 Å². The molecule has 1 fully saturated rings. The fraction of sp³-hybridized carbons (Fsp3) is 0.316. The summed E-state index contributed by atoms with van der Waals surface area (Å²) in [5, 5.41) is -0.182. The van der Waals surface area contributed by atoms with Crippen LogP contribution in [0.15, 0.2) is 53.7 Å². The van der Waals surface area contributed by atoms with Gasteiger partial charge in [-0.15, -0.1) is 0 Å². The highest BCUT2D eigenvalue weighted by atomic mass is 35.5. The van der Waals surface area contributed by atoms with E-state index in [1.165, 1.54) is 16.4 Å². The third kappa shape index (κ3) is 3.59. The number of hydrogen-bond acceptors (Lipinski definition) is 3. The van der Waals surface area contributed by atoms with Gasteiger partial charge in [0.15, 0.2) is 0 Å². The molecule has 1 saturated heterocycles.